The maximum absolute atomic E-state index is 12.7. The lowest BCUT2D eigenvalue weighted by Gasteiger charge is -2.32. The number of nitrogens with zero attached hydrogens (tertiary/aromatic N) is 6. The van der Waals surface area contributed by atoms with E-state index in [1.165, 1.54) is 23.7 Å². The molecule has 0 aliphatic carbocycles. The third-order valence-electron chi connectivity index (χ3n) is 5.72. The third kappa shape index (κ3) is 4.01. The molecule has 0 aromatic carbocycles. The average Bonchev–Trinajstić information content (AvgIpc) is 3.50. The van der Waals surface area contributed by atoms with Crippen LogP contribution in [-0.4, -0.2) is 54.5 Å². The van der Waals surface area contributed by atoms with Gasteiger partial charge in [0.2, 0.25) is 5.91 Å². The number of nitrogens with two attached hydrogens (primary N) is 1. The van der Waals surface area contributed by atoms with Gasteiger partial charge in [-0.1, -0.05) is 12.6 Å². The molecular formula is C23H22N8O2S. The summed E-state index contributed by atoms with van der Waals surface area (Å²) in [6.07, 6.45) is 6.06. The van der Waals surface area contributed by atoms with E-state index < -0.39 is 0 Å². The highest BCUT2D eigenvalue weighted by Gasteiger charge is 2.28. The van der Waals surface area contributed by atoms with E-state index in [2.05, 4.69) is 26.8 Å². The second kappa shape index (κ2) is 9.02. The number of hydrogen-bond acceptors (Lipinski definition) is 8. The fraction of sp³-hybridized carbons (Fsp3) is 0.217. The number of amides is 2. The van der Waals surface area contributed by atoms with E-state index in [9.17, 15) is 9.59 Å². The summed E-state index contributed by atoms with van der Waals surface area (Å²) in [7, 11) is 0. The fourth-order valence-electron chi connectivity index (χ4n) is 4.11. The molecule has 1 saturated heterocycles. The van der Waals surface area contributed by atoms with Crippen LogP contribution in [0.4, 0.5) is 11.6 Å². The summed E-state index contributed by atoms with van der Waals surface area (Å²) in [5, 5.41) is 8.28. The molecule has 10 nitrogen and oxygen atoms in total. The molecule has 4 aromatic rings. The minimum absolute atomic E-state index is 0.0601. The number of anilines is 2. The number of aromatic nitrogens is 5. The highest BCUT2D eigenvalue weighted by Crippen LogP contribution is 2.37. The van der Waals surface area contributed by atoms with Crippen molar-refractivity contribution in [3.8, 4) is 10.6 Å². The lowest BCUT2D eigenvalue weighted by molar-refractivity contribution is -0.127. The van der Waals surface area contributed by atoms with Gasteiger partial charge in [0.25, 0.3) is 5.91 Å². The summed E-state index contributed by atoms with van der Waals surface area (Å²) < 4.78 is 1.83. The van der Waals surface area contributed by atoms with Crippen LogP contribution in [0.15, 0.2) is 55.5 Å². The van der Waals surface area contributed by atoms with E-state index in [1.54, 1.807) is 35.4 Å². The van der Waals surface area contributed by atoms with Crippen LogP contribution in [0.5, 0.6) is 0 Å². The summed E-state index contributed by atoms with van der Waals surface area (Å²) in [5.74, 6) is 0.436. The molecule has 2 amide bonds. The molecule has 0 bridgehead atoms. The number of rotatable bonds is 5. The molecule has 1 fully saturated rings. The Kier molecular flexibility index (Phi) is 5.76. The minimum atomic E-state index is -0.256. The zero-order valence-electron chi connectivity index (χ0n) is 18.2. The molecule has 1 aliphatic heterocycles. The normalized spacial score (nSPS) is 15.9. The zero-order chi connectivity index (χ0) is 23.7. The van der Waals surface area contributed by atoms with Crippen molar-refractivity contribution in [2.45, 2.75) is 18.9 Å². The number of carbonyl (C=O) groups excluding carboxylic acids is 2. The zero-order valence-corrected chi connectivity index (χ0v) is 19.0. The van der Waals surface area contributed by atoms with Crippen LogP contribution < -0.4 is 11.1 Å². The van der Waals surface area contributed by atoms with Crippen LogP contribution in [-0.2, 0) is 4.79 Å². The van der Waals surface area contributed by atoms with Gasteiger partial charge in [0, 0.05) is 19.3 Å². The number of carbonyl (C=O) groups is 2. The molecule has 34 heavy (non-hydrogen) atoms. The first-order valence-electron chi connectivity index (χ1n) is 10.8. The SMILES string of the molecule is C=CC(=O)N1CCCC(n2nc(-c3ccc(C(=O)Nc4ccccn4)s3)c3c(N)ncnc32)C1. The van der Waals surface area contributed by atoms with Crippen LogP contribution in [0.25, 0.3) is 21.6 Å². The second-order valence-corrected chi connectivity index (χ2v) is 8.95. The summed E-state index contributed by atoms with van der Waals surface area (Å²) in [6.45, 7) is 4.79. The van der Waals surface area contributed by atoms with Gasteiger partial charge in [-0.15, -0.1) is 11.3 Å². The van der Waals surface area contributed by atoms with Gasteiger partial charge >= 0.3 is 0 Å². The number of nitrogens with one attached hydrogen (secondary N) is 1. The third-order valence-corrected chi connectivity index (χ3v) is 6.81. The Morgan fingerprint density at radius 2 is 2.09 bits per heavy atom. The van der Waals surface area contributed by atoms with Crippen LogP contribution in [0, 0.1) is 0 Å². The lowest BCUT2D eigenvalue weighted by Crippen LogP contribution is -2.40. The van der Waals surface area contributed by atoms with E-state index in [0.29, 0.717) is 46.3 Å². The van der Waals surface area contributed by atoms with Crippen LogP contribution >= 0.6 is 11.3 Å². The van der Waals surface area contributed by atoms with Crippen molar-refractivity contribution < 1.29 is 9.59 Å². The molecule has 3 N–H and O–H groups in total. The number of likely N-dealkylation sites (tertiary alicyclic amines) is 1. The van der Waals surface area contributed by atoms with Gasteiger partial charge in [0.15, 0.2) is 5.65 Å². The Morgan fingerprint density at radius 3 is 2.88 bits per heavy atom. The summed E-state index contributed by atoms with van der Waals surface area (Å²) in [5.41, 5.74) is 7.46. The number of piperidine rings is 1. The van der Waals surface area contributed by atoms with E-state index in [0.717, 1.165) is 17.7 Å². The van der Waals surface area contributed by atoms with Gasteiger partial charge in [-0.3, -0.25) is 9.59 Å². The van der Waals surface area contributed by atoms with E-state index >= 15 is 0 Å². The minimum Gasteiger partial charge on any atom is -0.383 e. The molecule has 5 rings (SSSR count). The van der Waals surface area contributed by atoms with Crippen molar-refractivity contribution in [3.63, 3.8) is 0 Å². The quantitative estimate of drug-likeness (QED) is 0.425. The number of nitrogen functional groups attached to an aromatic ring is 1. The van der Waals surface area contributed by atoms with Crippen molar-refractivity contribution in [3.05, 3.63) is 60.4 Å². The molecule has 1 aliphatic rings. The van der Waals surface area contributed by atoms with Crippen LogP contribution in [0.2, 0.25) is 0 Å². The molecule has 0 radical (unpaired) electrons. The fourth-order valence-corrected chi connectivity index (χ4v) is 5.00. The molecule has 0 spiro atoms. The van der Waals surface area contributed by atoms with Gasteiger partial charge in [0.1, 0.15) is 23.7 Å². The second-order valence-electron chi connectivity index (χ2n) is 7.87. The first-order valence-corrected chi connectivity index (χ1v) is 11.6. The first kappa shape index (κ1) is 21.7. The maximum atomic E-state index is 12.7. The van der Waals surface area contributed by atoms with Crippen LogP contribution in [0.3, 0.4) is 0 Å². The molecular weight excluding hydrogens is 452 g/mol. The molecule has 4 aromatic heterocycles. The highest BCUT2D eigenvalue weighted by atomic mass is 32.1. The van der Waals surface area contributed by atoms with E-state index in [1.807, 2.05) is 10.7 Å². The van der Waals surface area contributed by atoms with Gasteiger partial charge in [0.05, 0.1) is 21.2 Å². The van der Waals surface area contributed by atoms with Crippen molar-refractivity contribution in [2.24, 2.45) is 0 Å². The number of pyridine rings is 1. The highest BCUT2D eigenvalue weighted by molar-refractivity contribution is 7.17. The smallest absolute Gasteiger partial charge is 0.266 e. The average molecular weight is 475 g/mol. The van der Waals surface area contributed by atoms with Crippen molar-refractivity contribution >= 4 is 45.8 Å². The monoisotopic (exact) mass is 474 g/mol. The van der Waals surface area contributed by atoms with E-state index in [4.69, 9.17) is 10.8 Å². The maximum Gasteiger partial charge on any atom is 0.266 e. The van der Waals surface area contributed by atoms with E-state index in [-0.39, 0.29) is 17.9 Å². The lowest BCUT2D eigenvalue weighted by atomic mass is 10.1. The summed E-state index contributed by atoms with van der Waals surface area (Å²) in [4.78, 5) is 40.7. The van der Waals surface area contributed by atoms with Gasteiger partial charge in [-0.05, 0) is 43.2 Å². The van der Waals surface area contributed by atoms with Crippen molar-refractivity contribution in [1.29, 1.82) is 0 Å². The molecule has 5 heterocycles. The number of fused-ring (bicyclic) bond motifs is 1. The molecule has 1 atom stereocenters. The largest absolute Gasteiger partial charge is 0.383 e. The topological polar surface area (TPSA) is 132 Å². The van der Waals surface area contributed by atoms with Gasteiger partial charge in [-0.25, -0.2) is 19.6 Å². The Labute approximate surface area is 199 Å². The predicted molar refractivity (Wildman–Crippen MR) is 130 cm³/mol. The van der Waals surface area contributed by atoms with Crippen molar-refractivity contribution in [2.75, 3.05) is 24.1 Å². The van der Waals surface area contributed by atoms with Gasteiger partial charge in [-0.2, -0.15) is 5.10 Å². The van der Waals surface area contributed by atoms with Crippen molar-refractivity contribution in [1.82, 2.24) is 29.6 Å². The Bertz CT molecular complexity index is 1380. The first-order chi connectivity index (χ1) is 16.5. The molecule has 172 valence electrons. The predicted octanol–water partition coefficient (Wildman–Crippen LogP) is 3.13. The molecule has 0 saturated carbocycles. The Balaban J connectivity index is 1.50. The Morgan fingerprint density at radius 1 is 1.21 bits per heavy atom. The summed E-state index contributed by atoms with van der Waals surface area (Å²) >= 11 is 1.30. The molecule has 11 heteroatoms. The van der Waals surface area contributed by atoms with Crippen LogP contribution in [0.1, 0.15) is 28.6 Å². The Hall–Kier alpha value is -4.12. The number of hydrogen-bond donors (Lipinski definition) is 2. The van der Waals surface area contributed by atoms with Gasteiger partial charge < -0.3 is 16.0 Å². The summed E-state index contributed by atoms with van der Waals surface area (Å²) in [6, 6.07) is 8.84. The molecule has 1 unspecified atom stereocenters. The number of thiophene rings is 1. The standard InChI is InChI=1S/C23H22N8O2S/c1-2-18(32)30-11-5-6-14(12-30)31-22-19(21(24)26-13-27-22)20(29-31)15-8-9-16(34-15)23(33)28-17-7-3-4-10-25-17/h2-4,7-10,13-14H,1,5-6,11-12H2,(H2,24,26,27)(H,25,28,33).